The molecule has 0 aliphatic heterocycles. The Bertz CT molecular complexity index is 430. The maximum atomic E-state index is 12.2. The molecule has 0 unspecified atom stereocenters. The van der Waals surface area contributed by atoms with E-state index in [1.807, 2.05) is 0 Å². The van der Waals surface area contributed by atoms with Crippen molar-refractivity contribution in [2.24, 2.45) is 11.7 Å². The SMILES string of the molecule is NN.O=[N+]([O-])c1cc([N+](=O)[O-])cc(C(F)(F)F)c1. The van der Waals surface area contributed by atoms with E-state index >= 15 is 0 Å². The monoisotopic (exact) mass is 268 g/mol. The largest absolute Gasteiger partial charge is 0.416 e. The summed E-state index contributed by atoms with van der Waals surface area (Å²) in [6, 6.07) is 0.954. The van der Waals surface area contributed by atoms with E-state index in [0.29, 0.717) is 6.07 Å². The van der Waals surface area contributed by atoms with Gasteiger partial charge in [-0.25, -0.2) is 0 Å². The molecule has 0 fully saturated rings. The summed E-state index contributed by atoms with van der Waals surface area (Å²) in [5, 5.41) is 20.5. The molecule has 100 valence electrons. The van der Waals surface area contributed by atoms with E-state index in [-0.39, 0.29) is 12.1 Å². The predicted octanol–water partition coefficient (Wildman–Crippen LogP) is 1.34. The predicted molar refractivity (Wildman–Crippen MR) is 53.1 cm³/mol. The fourth-order valence-corrected chi connectivity index (χ4v) is 0.970. The van der Waals surface area contributed by atoms with Crippen molar-refractivity contribution in [1.82, 2.24) is 0 Å². The topological polar surface area (TPSA) is 138 Å². The van der Waals surface area contributed by atoms with Crippen molar-refractivity contribution in [3.63, 3.8) is 0 Å². The maximum absolute atomic E-state index is 12.2. The molecule has 0 saturated carbocycles. The summed E-state index contributed by atoms with van der Waals surface area (Å²) in [5.41, 5.74) is -3.36. The fraction of sp³-hybridized carbons (Fsp3) is 0.143. The van der Waals surface area contributed by atoms with Crippen LogP contribution in [0.4, 0.5) is 24.5 Å². The van der Waals surface area contributed by atoms with Crippen LogP contribution in [-0.4, -0.2) is 9.85 Å². The quantitative estimate of drug-likeness (QED) is 0.471. The lowest BCUT2D eigenvalue weighted by Crippen LogP contribution is -2.06. The molecule has 0 amide bonds. The molecule has 8 nitrogen and oxygen atoms in total. The Morgan fingerprint density at radius 2 is 1.28 bits per heavy atom. The number of alkyl halides is 3. The Morgan fingerprint density at radius 1 is 0.944 bits per heavy atom. The fourth-order valence-electron chi connectivity index (χ4n) is 0.970. The number of benzene rings is 1. The second-order valence-electron chi connectivity index (χ2n) is 2.75. The molecule has 11 heteroatoms. The van der Waals surface area contributed by atoms with Gasteiger partial charge in [-0.2, -0.15) is 13.2 Å². The highest BCUT2D eigenvalue weighted by molar-refractivity contribution is 5.47. The Kier molecular flexibility index (Phi) is 5.14. The Balaban J connectivity index is 0.00000137. The van der Waals surface area contributed by atoms with E-state index in [2.05, 4.69) is 11.7 Å². The van der Waals surface area contributed by atoms with Gasteiger partial charge in [0.1, 0.15) is 0 Å². The molecule has 0 aliphatic carbocycles. The van der Waals surface area contributed by atoms with Crippen molar-refractivity contribution in [1.29, 1.82) is 0 Å². The second-order valence-corrected chi connectivity index (χ2v) is 2.75. The molecule has 0 bridgehead atoms. The normalized spacial score (nSPS) is 10.3. The molecule has 0 aromatic heterocycles. The Labute approximate surface area is 97.3 Å². The standard InChI is InChI=1S/C7H3F3N2O4.H4N2/c8-7(9,10)4-1-5(11(13)14)3-6(2-4)12(15)16;1-2/h1-3H;1-2H2. The number of non-ortho nitro benzene ring substituents is 2. The third kappa shape index (κ3) is 3.95. The maximum Gasteiger partial charge on any atom is 0.416 e. The summed E-state index contributed by atoms with van der Waals surface area (Å²) in [5.74, 6) is 8.00. The van der Waals surface area contributed by atoms with E-state index in [9.17, 15) is 33.4 Å². The van der Waals surface area contributed by atoms with Crippen molar-refractivity contribution < 1.29 is 23.0 Å². The van der Waals surface area contributed by atoms with Crippen LogP contribution in [0.5, 0.6) is 0 Å². The van der Waals surface area contributed by atoms with Crippen LogP contribution in [0.1, 0.15) is 5.56 Å². The van der Waals surface area contributed by atoms with Crippen LogP contribution in [0.3, 0.4) is 0 Å². The van der Waals surface area contributed by atoms with Gasteiger partial charge in [-0.05, 0) is 0 Å². The van der Waals surface area contributed by atoms with Gasteiger partial charge in [0, 0.05) is 12.1 Å². The molecular weight excluding hydrogens is 261 g/mol. The first-order valence-electron chi connectivity index (χ1n) is 4.06. The van der Waals surface area contributed by atoms with Crippen LogP contribution >= 0.6 is 0 Å². The van der Waals surface area contributed by atoms with Gasteiger partial charge in [0.25, 0.3) is 11.4 Å². The highest BCUT2D eigenvalue weighted by atomic mass is 19.4. The average molecular weight is 268 g/mol. The van der Waals surface area contributed by atoms with Crippen molar-refractivity contribution in [3.05, 3.63) is 44.0 Å². The Hall–Kier alpha value is -2.27. The minimum Gasteiger partial charge on any atom is -0.274 e. The van der Waals surface area contributed by atoms with Crippen molar-refractivity contribution in [3.8, 4) is 0 Å². The number of rotatable bonds is 2. The van der Waals surface area contributed by atoms with E-state index in [1.54, 1.807) is 0 Å². The molecule has 0 atom stereocenters. The molecule has 4 N–H and O–H groups in total. The second kappa shape index (κ2) is 5.88. The van der Waals surface area contributed by atoms with Gasteiger partial charge in [-0.1, -0.05) is 0 Å². The zero-order valence-corrected chi connectivity index (χ0v) is 8.55. The van der Waals surface area contributed by atoms with Gasteiger partial charge in [-0.15, -0.1) is 0 Å². The molecular formula is C7H7F3N4O4. The molecule has 0 heterocycles. The zero-order chi connectivity index (χ0) is 14.5. The summed E-state index contributed by atoms with van der Waals surface area (Å²) in [7, 11) is 0. The highest BCUT2D eigenvalue weighted by Gasteiger charge is 2.34. The third-order valence-electron chi connectivity index (χ3n) is 1.65. The molecule has 0 saturated heterocycles. The van der Waals surface area contributed by atoms with Crippen LogP contribution in [0.25, 0.3) is 0 Å². The number of hydrogen-bond acceptors (Lipinski definition) is 6. The number of nitro groups is 2. The van der Waals surface area contributed by atoms with Crippen molar-refractivity contribution >= 4 is 11.4 Å². The third-order valence-corrected chi connectivity index (χ3v) is 1.65. The molecule has 1 aromatic carbocycles. The van der Waals surface area contributed by atoms with Crippen molar-refractivity contribution in [2.75, 3.05) is 0 Å². The summed E-state index contributed by atoms with van der Waals surface area (Å²) < 4.78 is 36.7. The van der Waals surface area contributed by atoms with E-state index in [4.69, 9.17) is 0 Å². The zero-order valence-electron chi connectivity index (χ0n) is 8.55. The highest BCUT2D eigenvalue weighted by Crippen LogP contribution is 2.34. The van der Waals surface area contributed by atoms with Gasteiger partial charge >= 0.3 is 6.18 Å². The first kappa shape index (κ1) is 15.7. The van der Waals surface area contributed by atoms with E-state index < -0.39 is 33.0 Å². The van der Waals surface area contributed by atoms with Gasteiger partial charge in [0.2, 0.25) is 0 Å². The first-order chi connectivity index (χ1) is 8.21. The number of nitro benzene ring substituents is 2. The number of nitrogens with zero attached hydrogens (tertiary/aromatic N) is 2. The summed E-state index contributed by atoms with van der Waals surface area (Å²) in [4.78, 5) is 18.3. The smallest absolute Gasteiger partial charge is 0.274 e. The lowest BCUT2D eigenvalue weighted by atomic mass is 10.1. The van der Waals surface area contributed by atoms with E-state index in [1.165, 1.54) is 0 Å². The summed E-state index contributed by atoms with van der Waals surface area (Å²) >= 11 is 0. The summed E-state index contributed by atoms with van der Waals surface area (Å²) in [6.45, 7) is 0. The lowest BCUT2D eigenvalue weighted by molar-refractivity contribution is -0.394. The minimum atomic E-state index is -4.86. The number of halogens is 3. The number of hydrazine groups is 1. The van der Waals surface area contributed by atoms with Crippen LogP contribution < -0.4 is 11.7 Å². The number of nitrogens with two attached hydrogens (primary N) is 2. The minimum absolute atomic E-state index is 0.243. The van der Waals surface area contributed by atoms with Crippen molar-refractivity contribution in [2.45, 2.75) is 6.18 Å². The first-order valence-corrected chi connectivity index (χ1v) is 4.06. The van der Waals surface area contributed by atoms with Gasteiger partial charge < -0.3 is 0 Å². The molecule has 18 heavy (non-hydrogen) atoms. The van der Waals surface area contributed by atoms with Crippen LogP contribution in [0.15, 0.2) is 18.2 Å². The van der Waals surface area contributed by atoms with Crippen LogP contribution in [0, 0.1) is 20.2 Å². The van der Waals surface area contributed by atoms with Gasteiger partial charge in [-0.3, -0.25) is 31.9 Å². The van der Waals surface area contributed by atoms with Gasteiger partial charge in [0.15, 0.2) is 0 Å². The summed E-state index contributed by atoms with van der Waals surface area (Å²) in [6.07, 6.45) is -4.86. The molecule has 0 aliphatic rings. The Morgan fingerprint density at radius 3 is 1.50 bits per heavy atom. The molecule has 1 rings (SSSR count). The average Bonchev–Trinajstić information content (AvgIpc) is 2.29. The van der Waals surface area contributed by atoms with E-state index in [0.717, 1.165) is 0 Å². The van der Waals surface area contributed by atoms with Crippen LogP contribution in [0.2, 0.25) is 0 Å². The lowest BCUT2D eigenvalue weighted by Gasteiger charge is -2.05. The van der Waals surface area contributed by atoms with Gasteiger partial charge in [0.05, 0.1) is 21.5 Å². The van der Waals surface area contributed by atoms with Crippen LogP contribution in [-0.2, 0) is 6.18 Å². The number of hydrogen-bond donors (Lipinski definition) is 2. The molecule has 0 spiro atoms. The molecule has 1 aromatic rings. The molecule has 0 radical (unpaired) electrons.